The van der Waals surface area contributed by atoms with E-state index in [4.69, 9.17) is 4.74 Å². The molecule has 3 aromatic rings. The zero-order valence-corrected chi connectivity index (χ0v) is 14.8. The van der Waals surface area contributed by atoms with Crippen molar-refractivity contribution < 1.29 is 19.2 Å². The average molecular weight is 380 g/mol. The lowest BCUT2D eigenvalue weighted by Crippen LogP contribution is -2.22. The predicted molar refractivity (Wildman–Crippen MR) is 101 cm³/mol. The number of esters is 1. The van der Waals surface area contributed by atoms with Gasteiger partial charge < -0.3 is 10.1 Å². The molecule has 0 aliphatic carbocycles. The normalized spacial score (nSPS) is 10.3. The molecule has 0 saturated heterocycles. The number of anilines is 1. The van der Waals surface area contributed by atoms with E-state index >= 15 is 0 Å². The molecule has 0 radical (unpaired) electrons. The number of carbonyl (C=O) groups excluding carboxylic acids is 2. The monoisotopic (exact) mass is 380 g/mol. The molecular formula is C19H16N4O5. The van der Waals surface area contributed by atoms with Gasteiger partial charge >= 0.3 is 5.97 Å². The van der Waals surface area contributed by atoms with E-state index in [0.717, 1.165) is 5.56 Å². The molecule has 0 bridgehead atoms. The van der Waals surface area contributed by atoms with E-state index in [1.165, 1.54) is 18.2 Å². The predicted octanol–water partition coefficient (Wildman–Crippen LogP) is 3.09. The van der Waals surface area contributed by atoms with E-state index in [2.05, 4.69) is 15.5 Å². The van der Waals surface area contributed by atoms with E-state index in [1.807, 2.05) is 30.3 Å². The highest BCUT2D eigenvalue weighted by Crippen LogP contribution is 2.27. The van der Waals surface area contributed by atoms with Crippen molar-refractivity contribution in [3.05, 3.63) is 76.0 Å². The van der Waals surface area contributed by atoms with E-state index < -0.39 is 23.4 Å². The first-order valence-corrected chi connectivity index (χ1v) is 8.27. The maximum Gasteiger partial charge on any atom is 0.356 e. The SMILES string of the molecule is Cc1cccc([N+](=O)[O-])c1NC(=O)COC(=O)c1cc(-c2ccccc2)n[nH]1. The Kier molecular flexibility index (Phi) is 5.45. The molecular weight excluding hydrogens is 364 g/mol. The van der Waals surface area contributed by atoms with Crippen LogP contribution >= 0.6 is 0 Å². The van der Waals surface area contributed by atoms with E-state index in [1.54, 1.807) is 13.0 Å². The number of carbonyl (C=O) groups is 2. The first-order chi connectivity index (χ1) is 13.5. The van der Waals surface area contributed by atoms with Gasteiger partial charge in [-0.15, -0.1) is 0 Å². The van der Waals surface area contributed by atoms with Crippen LogP contribution in [0.3, 0.4) is 0 Å². The number of aromatic nitrogens is 2. The summed E-state index contributed by atoms with van der Waals surface area (Å²) in [5.74, 6) is -1.45. The van der Waals surface area contributed by atoms with Crippen molar-refractivity contribution >= 4 is 23.3 Å². The minimum atomic E-state index is -0.760. The van der Waals surface area contributed by atoms with Crippen molar-refractivity contribution in [2.75, 3.05) is 11.9 Å². The Labute approximate surface area is 159 Å². The van der Waals surface area contributed by atoms with Crippen LogP contribution in [0.1, 0.15) is 16.1 Å². The molecule has 2 aromatic carbocycles. The molecule has 28 heavy (non-hydrogen) atoms. The molecule has 1 amide bonds. The molecule has 142 valence electrons. The maximum absolute atomic E-state index is 12.1. The molecule has 9 nitrogen and oxygen atoms in total. The van der Waals surface area contributed by atoms with Crippen molar-refractivity contribution in [2.24, 2.45) is 0 Å². The number of para-hydroxylation sites is 1. The summed E-state index contributed by atoms with van der Waals surface area (Å²) >= 11 is 0. The molecule has 1 aromatic heterocycles. The number of nitro groups is 1. The number of hydrogen-bond donors (Lipinski definition) is 2. The second-order valence-electron chi connectivity index (χ2n) is 5.88. The molecule has 2 N–H and O–H groups in total. The van der Waals surface area contributed by atoms with Gasteiger partial charge in [0, 0.05) is 11.6 Å². The third-order valence-electron chi connectivity index (χ3n) is 3.91. The number of ether oxygens (including phenoxy) is 1. The lowest BCUT2D eigenvalue weighted by atomic mass is 10.1. The maximum atomic E-state index is 12.1. The minimum Gasteiger partial charge on any atom is -0.451 e. The Bertz CT molecular complexity index is 1030. The summed E-state index contributed by atoms with van der Waals surface area (Å²) in [5, 5.41) is 20.1. The number of nitrogens with zero attached hydrogens (tertiary/aromatic N) is 2. The van der Waals surface area contributed by atoms with Crippen LogP contribution in [0.4, 0.5) is 11.4 Å². The molecule has 0 spiro atoms. The van der Waals surface area contributed by atoms with Crippen LogP contribution in [0, 0.1) is 17.0 Å². The number of hydrogen-bond acceptors (Lipinski definition) is 6. The zero-order valence-electron chi connectivity index (χ0n) is 14.8. The Morgan fingerprint density at radius 3 is 2.64 bits per heavy atom. The van der Waals surface area contributed by atoms with Crippen molar-refractivity contribution in [3.8, 4) is 11.3 Å². The molecule has 0 aliphatic rings. The number of aromatic amines is 1. The molecule has 1 heterocycles. The van der Waals surface area contributed by atoms with Crippen LogP contribution in [-0.4, -0.2) is 33.6 Å². The van der Waals surface area contributed by atoms with Crippen LogP contribution in [0.25, 0.3) is 11.3 Å². The van der Waals surface area contributed by atoms with Crippen molar-refractivity contribution in [3.63, 3.8) is 0 Å². The average Bonchev–Trinajstić information content (AvgIpc) is 3.18. The quantitative estimate of drug-likeness (QED) is 0.384. The lowest BCUT2D eigenvalue weighted by molar-refractivity contribution is -0.384. The fourth-order valence-electron chi connectivity index (χ4n) is 2.53. The number of aryl methyl sites for hydroxylation is 1. The number of H-pyrrole nitrogens is 1. The van der Waals surface area contributed by atoms with Crippen LogP contribution in [0.5, 0.6) is 0 Å². The van der Waals surface area contributed by atoms with Gasteiger partial charge in [-0.25, -0.2) is 4.79 Å². The molecule has 9 heteroatoms. The summed E-state index contributed by atoms with van der Waals surface area (Å²) in [6.07, 6.45) is 0. The summed E-state index contributed by atoms with van der Waals surface area (Å²) in [7, 11) is 0. The van der Waals surface area contributed by atoms with Crippen LogP contribution < -0.4 is 5.32 Å². The fourth-order valence-corrected chi connectivity index (χ4v) is 2.53. The highest BCUT2D eigenvalue weighted by Gasteiger charge is 2.19. The number of nitro benzene ring substituents is 1. The van der Waals surface area contributed by atoms with E-state index in [9.17, 15) is 19.7 Å². The topological polar surface area (TPSA) is 127 Å². The summed E-state index contributed by atoms with van der Waals surface area (Å²) in [4.78, 5) is 34.7. The molecule has 0 saturated carbocycles. The van der Waals surface area contributed by atoms with Gasteiger partial charge in [-0.05, 0) is 18.6 Å². The van der Waals surface area contributed by atoms with Crippen molar-refractivity contribution in [2.45, 2.75) is 6.92 Å². The van der Waals surface area contributed by atoms with E-state index in [-0.39, 0.29) is 17.1 Å². The second-order valence-corrected chi connectivity index (χ2v) is 5.88. The van der Waals surface area contributed by atoms with Crippen molar-refractivity contribution in [1.29, 1.82) is 0 Å². The Balaban J connectivity index is 1.62. The van der Waals surface area contributed by atoms with Gasteiger partial charge in [0.2, 0.25) is 0 Å². The van der Waals surface area contributed by atoms with Crippen LogP contribution in [0.2, 0.25) is 0 Å². The van der Waals surface area contributed by atoms with Gasteiger partial charge in [0.25, 0.3) is 11.6 Å². The zero-order chi connectivity index (χ0) is 20.1. The van der Waals surface area contributed by atoms with Crippen LogP contribution in [0.15, 0.2) is 54.6 Å². The van der Waals surface area contributed by atoms with Gasteiger partial charge in [0.05, 0.1) is 10.6 Å². The van der Waals surface area contributed by atoms with Crippen LogP contribution in [-0.2, 0) is 9.53 Å². The minimum absolute atomic E-state index is 0.0708. The van der Waals surface area contributed by atoms with Gasteiger partial charge in [-0.2, -0.15) is 5.10 Å². The molecule has 0 aliphatic heterocycles. The standard InChI is InChI=1S/C19H16N4O5/c1-12-6-5-9-16(23(26)27)18(12)20-17(24)11-28-19(25)15-10-14(21-22-15)13-7-3-2-4-8-13/h2-10H,11H2,1H3,(H,20,24)(H,21,22). The summed E-state index contributed by atoms with van der Waals surface area (Å²) in [5.41, 5.74) is 1.83. The Hall–Kier alpha value is -4.01. The van der Waals surface area contributed by atoms with Gasteiger partial charge in [0.15, 0.2) is 6.61 Å². The fraction of sp³-hybridized carbons (Fsp3) is 0.105. The summed E-state index contributed by atoms with van der Waals surface area (Å²) in [6.45, 7) is 1.04. The molecule has 0 unspecified atom stereocenters. The number of nitrogens with one attached hydrogen (secondary N) is 2. The highest BCUT2D eigenvalue weighted by molar-refractivity contribution is 5.97. The highest BCUT2D eigenvalue weighted by atomic mass is 16.6. The number of benzene rings is 2. The summed E-state index contributed by atoms with van der Waals surface area (Å²) in [6, 6.07) is 15.2. The lowest BCUT2D eigenvalue weighted by Gasteiger charge is -2.09. The first-order valence-electron chi connectivity index (χ1n) is 8.27. The van der Waals surface area contributed by atoms with Crippen molar-refractivity contribution in [1.82, 2.24) is 10.2 Å². The molecule has 0 fully saturated rings. The first kappa shape index (κ1) is 18.8. The largest absolute Gasteiger partial charge is 0.451 e. The molecule has 3 rings (SSSR count). The Morgan fingerprint density at radius 1 is 1.18 bits per heavy atom. The second kappa shape index (κ2) is 8.12. The molecule has 0 atom stereocenters. The Morgan fingerprint density at radius 2 is 1.93 bits per heavy atom. The van der Waals surface area contributed by atoms with Gasteiger partial charge in [-0.1, -0.05) is 42.5 Å². The van der Waals surface area contributed by atoms with Gasteiger partial charge in [-0.3, -0.25) is 20.0 Å². The van der Waals surface area contributed by atoms with E-state index in [0.29, 0.717) is 11.3 Å². The number of amides is 1. The summed E-state index contributed by atoms with van der Waals surface area (Å²) < 4.78 is 4.96. The third-order valence-corrected chi connectivity index (χ3v) is 3.91. The van der Waals surface area contributed by atoms with Gasteiger partial charge in [0.1, 0.15) is 11.4 Å². The third kappa shape index (κ3) is 4.21. The smallest absolute Gasteiger partial charge is 0.356 e. The number of rotatable bonds is 6.